The van der Waals surface area contributed by atoms with Crippen molar-refractivity contribution >= 4 is 39.7 Å². The summed E-state index contributed by atoms with van der Waals surface area (Å²) in [4.78, 5) is 14.6. The SMILES string of the molecule is COCN(C(=O)c1cc(C)n2ncc(I)c2c1)c1ccc(F)c(OC)c1. The van der Waals surface area contributed by atoms with Crippen molar-refractivity contribution in [1.82, 2.24) is 9.61 Å². The molecule has 1 amide bonds. The number of hydrogen-bond acceptors (Lipinski definition) is 4. The lowest BCUT2D eigenvalue weighted by molar-refractivity contribution is 0.0936. The van der Waals surface area contributed by atoms with Crippen LogP contribution in [0.5, 0.6) is 5.75 Å². The van der Waals surface area contributed by atoms with E-state index in [1.165, 1.54) is 37.3 Å². The number of rotatable bonds is 5. The second kappa shape index (κ2) is 7.58. The third-order valence-electron chi connectivity index (χ3n) is 3.95. The van der Waals surface area contributed by atoms with Gasteiger partial charge in [-0.3, -0.25) is 9.69 Å². The number of carbonyl (C=O) groups is 1. The zero-order valence-electron chi connectivity index (χ0n) is 14.5. The Morgan fingerprint density at radius 2 is 2.08 bits per heavy atom. The van der Waals surface area contributed by atoms with E-state index in [0.717, 1.165) is 14.8 Å². The van der Waals surface area contributed by atoms with Gasteiger partial charge in [-0.05, 0) is 53.8 Å². The summed E-state index contributed by atoms with van der Waals surface area (Å²) in [5.74, 6) is -0.691. The number of fused-ring (bicyclic) bond motifs is 1. The highest BCUT2D eigenvalue weighted by Crippen LogP contribution is 2.26. The normalized spacial score (nSPS) is 11.0. The van der Waals surface area contributed by atoms with Crippen molar-refractivity contribution < 1.29 is 18.7 Å². The van der Waals surface area contributed by atoms with Gasteiger partial charge in [0.2, 0.25) is 0 Å². The van der Waals surface area contributed by atoms with Crippen LogP contribution in [0.4, 0.5) is 10.1 Å². The van der Waals surface area contributed by atoms with Crippen LogP contribution in [-0.2, 0) is 4.74 Å². The van der Waals surface area contributed by atoms with Gasteiger partial charge >= 0.3 is 0 Å². The predicted molar refractivity (Wildman–Crippen MR) is 104 cm³/mol. The van der Waals surface area contributed by atoms with Crippen molar-refractivity contribution in [1.29, 1.82) is 0 Å². The van der Waals surface area contributed by atoms with Crippen LogP contribution in [0, 0.1) is 16.3 Å². The number of nitrogens with zero attached hydrogens (tertiary/aromatic N) is 3. The van der Waals surface area contributed by atoms with E-state index in [2.05, 4.69) is 27.7 Å². The highest BCUT2D eigenvalue weighted by molar-refractivity contribution is 14.1. The van der Waals surface area contributed by atoms with Crippen LogP contribution in [0.2, 0.25) is 0 Å². The molecule has 0 aliphatic rings. The molecular weight excluding hydrogens is 452 g/mol. The third-order valence-corrected chi connectivity index (χ3v) is 4.78. The van der Waals surface area contributed by atoms with E-state index in [9.17, 15) is 9.18 Å². The highest BCUT2D eigenvalue weighted by Gasteiger charge is 2.21. The standard InChI is InChI=1S/C18H17FIN3O3/c1-11-6-12(7-16-15(20)9-21-23(11)16)18(24)22(10-25-2)13-4-5-14(19)17(8-13)26-3/h4-9H,10H2,1-3H3. The second-order valence-corrected chi connectivity index (χ2v) is 6.81. The molecule has 8 heteroatoms. The minimum absolute atomic E-state index is 0.0220. The monoisotopic (exact) mass is 469 g/mol. The van der Waals surface area contributed by atoms with Gasteiger partial charge in [-0.2, -0.15) is 5.10 Å². The summed E-state index contributed by atoms with van der Waals surface area (Å²) in [6, 6.07) is 7.80. The predicted octanol–water partition coefficient (Wildman–Crippen LogP) is 3.65. The molecule has 2 heterocycles. The molecule has 0 atom stereocenters. The first kappa shape index (κ1) is 18.6. The number of hydrogen-bond donors (Lipinski definition) is 0. The summed E-state index contributed by atoms with van der Waals surface area (Å²) in [5, 5.41) is 4.29. The lowest BCUT2D eigenvalue weighted by atomic mass is 10.1. The average molecular weight is 469 g/mol. The molecule has 0 unspecified atom stereocenters. The largest absolute Gasteiger partial charge is 0.494 e. The molecule has 0 aliphatic heterocycles. The van der Waals surface area contributed by atoms with Gasteiger partial charge in [0, 0.05) is 24.4 Å². The van der Waals surface area contributed by atoms with E-state index in [1.807, 2.05) is 6.92 Å². The van der Waals surface area contributed by atoms with Gasteiger partial charge in [-0.1, -0.05) is 0 Å². The number of aromatic nitrogens is 2. The van der Waals surface area contributed by atoms with E-state index >= 15 is 0 Å². The first-order valence-electron chi connectivity index (χ1n) is 7.74. The van der Waals surface area contributed by atoms with E-state index in [1.54, 1.807) is 22.8 Å². The van der Waals surface area contributed by atoms with E-state index < -0.39 is 5.82 Å². The lowest BCUT2D eigenvalue weighted by Gasteiger charge is -2.23. The molecule has 3 rings (SSSR count). The van der Waals surface area contributed by atoms with Gasteiger partial charge in [0.05, 0.1) is 28.1 Å². The number of carbonyl (C=O) groups excluding carboxylic acids is 1. The van der Waals surface area contributed by atoms with E-state index in [0.29, 0.717) is 11.3 Å². The van der Waals surface area contributed by atoms with Crippen LogP contribution in [-0.4, -0.2) is 36.5 Å². The molecule has 0 N–H and O–H groups in total. The zero-order valence-corrected chi connectivity index (χ0v) is 16.7. The molecule has 0 aliphatic carbocycles. The summed E-state index contributed by atoms with van der Waals surface area (Å²) in [6.45, 7) is 1.91. The Morgan fingerprint density at radius 3 is 2.77 bits per heavy atom. The molecule has 0 saturated heterocycles. The van der Waals surface area contributed by atoms with Crippen molar-refractivity contribution in [2.75, 3.05) is 25.9 Å². The maximum atomic E-state index is 13.7. The number of amides is 1. The molecule has 0 fully saturated rings. The Bertz CT molecular complexity index is 974. The van der Waals surface area contributed by atoms with Crippen molar-refractivity contribution in [3.63, 3.8) is 0 Å². The summed E-state index contributed by atoms with van der Waals surface area (Å²) in [7, 11) is 2.87. The van der Waals surface area contributed by atoms with Crippen molar-refractivity contribution in [3.8, 4) is 5.75 Å². The Morgan fingerprint density at radius 1 is 1.31 bits per heavy atom. The number of halogens is 2. The molecule has 0 saturated carbocycles. The smallest absolute Gasteiger partial charge is 0.260 e. The van der Waals surface area contributed by atoms with Crippen molar-refractivity contribution in [3.05, 3.63) is 57.2 Å². The van der Waals surface area contributed by atoms with Gasteiger partial charge in [0.25, 0.3) is 5.91 Å². The number of benzene rings is 1. The third kappa shape index (κ3) is 3.38. The molecule has 136 valence electrons. The van der Waals surface area contributed by atoms with Gasteiger partial charge in [0.1, 0.15) is 6.73 Å². The fourth-order valence-corrected chi connectivity index (χ4v) is 3.21. The molecule has 0 bridgehead atoms. The van der Waals surface area contributed by atoms with Crippen LogP contribution >= 0.6 is 22.6 Å². The second-order valence-electron chi connectivity index (χ2n) is 5.64. The Balaban J connectivity index is 2.05. The fraction of sp³-hybridized carbons (Fsp3) is 0.222. The van der Waals surface area contributed by atoms with Gasteiger partial charge < -0.3 is 9.47 Å². The quantitative estimate of drug-likeness (QED) is 0.423. The van der Waals surface area contributed by atoms with E-state index in [4.69, 9.17) is 9.47 Å². The number of methoxy groups -OCH3 is 2. The fourth-order valence-electron chi connectivity index (χ4n) is 2.70. The van der Waals surface area contributed by atoms with Crippen molar-refractivity contribution in [2.45, 2.75) is 6.92 Å². The lowest BCUT2D eigenvalue weighted by Crippen LogP contribution is -2.33. The summed E-state index contributed by atoms with van der Waals surface area (Å²) >= 11 is 2.18. The Kier molecular flexibility index (Phi) is 5.42. The topological polar surface area (TPSA) is 56.1 Å². The van der Waals surface area contributed by atoms with E-state index in [-0.39, 0.29) is 18.4 Å². The van der Waals surface area contributed by atoms with Crippen LogP contribution < -0.4 is 9.64 Å². The molecule has 3 aromatic rings. The Labute approximate surface area is 163 Å². The van der Waals surface area contributed by atoms with Gasteiger partial charge in [-0.25, -0.2) is 8.91 Å². The van der Waals surface area contributed by atoms with Crippen LogP contribution in [0.15, 0.2) is 36.5 Å². The number of anilines is 1. The van der Waals surface area contributed by atoms with Gasteiger partial charge in [-0.15, -0.1) is 0 Å². The Hall–Kier alpha value is -2.20. The molecular formula is C18H17FIN3O3. The first-order valence-corrected chi connectivity index (χ1v) is 8.82. The minimum Gasteiger partial charge on any atom is -0.494 e. The molecule has 2 aromatic heterocycles. The number of aryl methyl sites for hydroxylation is 1. The summed E-state index contributed by atoms with van der Waals surface area (Å²) in [5.41, 5.74) is 2.66. The molecule has 1 aromatic carbocycles. The number of ether oxygens (including phenoxy) is 2. The average Bonchev–Trinajstić information content (AvgIpc) is 3.01. The maximum Gasteiger partial charge on any atom is 0.260 e. The van der Waals surface area contributed by atoms with Crippen LogP contribution in [0.25, 0.3) is 5.52 Å². The summed E-state index contributed by atoms with van der Waals surface area (Å²) < 4.78 is 26.6. The summed E-state index contributed by atoms with van der Waals surface area (Å²) in [6.07, 6.45) is 1.74. The van der Waals surface area contributed by atoms with Crippen LogP contribution in [0.3, 0.4) is 0 Å². The van der Waals surface area contributed by atoms with Gasteiger partial charge in [0.15, 0.2) is 11.6 Å². The highest BCUT2D eigenvalue weighted by atomic mass is 127. The molecule has 6 nitrogen and oxygen atoms in total. The zero-order chi connectivity index (χ0) is 18.8. The molecule has 0 radical (unpaired) electrons. The minimum atomic E-state index is -0.493. The molecule has 26 heavy (non-hydrogen) atoms. The van der Waals surface area contributed by atoms with Crippen molar-refractivity contribution in [2.24, 2.45) is 0 Å². The molecule has 0 spiro atoms. The van der Waals surface area contributed by atoms with Crippen LogP contribution in [0.1, 0.15) is 16.1 Å². The number of pyridine rings is 1. The maximum absolute atomic E-state index is 13.7. The first-order chi connectivity index (χ1) is 12.5.